The second-order valence-electron chi connectivity index (χ2n) is 5.49. The van der Waals surface area contributed by atoms with Crippen molar-refractivity contribution in [3.8, 4) is 11.5 Å². The highest BCUT2D eigenvalue weighted by molar-refractivity contribution is 9.10. The van der Waals surface area contributed by atoms with E-state index in [1.165, 1.54) is 49.6 Å². The van der Waals surface area contributed by atoms with Crippen LogP contribution in [0.2, 0.25) is 0 Å². The van der Waals surface area contributed by atoms with Gasteiger partial charge in [-0.2, -0.15) is 0 Å². The summed E-state index contributed by atoms with van der Waals surface area (Å²) in [6.07, 6.45) is 1.35. The van der Waals surface area contributed by atoms with Crippen LogP contribution >= 0.6 is 28.1 Å². The summed E-state index contributed by atoms with van der Waals surface area (Å²) >= 11 is 8.27. The van der Waals surface area contributed by atoms with Crippen LogP contribution in [0.25, 0.3) is 6.08 Å². The van der Waals surface area contributed by atoms with Crippen LogP contribution in [-0.4, -0.2) is 29.1 Å². The molecular weight excluding hydrogens is 439 g/mol. The first-order chi connectivity index (χ1) is 12.8. The smallest absolute Gasteiger partial charge is 0.270 e. The maximum absolute atomic E-state index is 13.2. The summed E-state index contributed by atoms with van der Waals surface area (Å²) in [5.74, 6) is -1.71. The van der Waals surface area contributed by atoms with Gasteiger partial charge >= 0.3 is 0 Å². The molecule has 0 bridgehead atoms. The molecule has 2 amide bonds. The van der Waals surface area contributed by atoms with Crippen molar-refractivity contribution in [3.05, 3.63) is 57.8 Å². The molecule has 0 spiro atoms. The number of thiocarbonyl (C=S) groups is 1. The van der Waals surface area contributed by atoms with Crippen LogP contribution in [0, 0.1) is 5.82 Å². The van der Waals surface area contributed by atoms with Crippen LogP contribution in [0.3, 0.4) is 0 Å². The lowest BCUT2D eigenvalue weighted by Gasteiger charge is -2.28. The van der Waals surface area contributed by atoms with Crippen LogP contribution in [0.1, 0.15) is 5.56 Å². The average Bonchev–Trinajstić information content (AvgIpc) is 2.62. The number of rotatable bonds is 3. The van der Waals surface area contributed by atoms with Crippen LogP contribution < -0.4 is 15.0 Å². The van der Waals surface area contributed by atoms with E-state index in [-0.39, 0.29) is 22.2 Å². The van der Waals surface area contributed by atoms with Crippen molar-refractivity contribution in [2.75, 3.05) is 12.0 Å². The molecule has 3 rings (SSSR count). The standard InChI is InChI=1S/C18H12BrFN2O4S/c1-26-14-8-9(7-13(19)15(14)23)6-12-16(24)21-18(27)22(17(12)25)11-4-2-10(20)3-5-11/h2-8,23H,1H3,(H,21,24,27)/b12-6-. The molecule has 0 saturated carbocycles. The number of nitrogens with zero attached hydrogens (tertiary/aromatic N) is 1. The summed E-state index contributed by atoms with van der Waals surface area (Å²) in [6.45, 7) is 0. The van der Waals surface area contributed by atoms with Crippen molar-refractivity contribution < 1.29 is 23.8 Å². The molecule has 1 fully saturated rings. The molecule has 1 aliphatic rings. The minimum atomic E-state index is -0.661. The Kier molecular flexibility index (Phi) is 5.24. The molecule has 0 atom stereocenters. The highest BCUT2D eigenvalue weighted by atomic mass is 79.9. The Morgan fingerprint density at radius 3 is 2.56 bits per heavy atom. The average molecular weight is 451 g/mol. The van der Waals surface area contributed by atoms with E-state index in [1.807, 2.05) is 0 Å². The molecule has 1 aliphatic heterocycles. The van der Waals surface area contributed by atoms with Crippen LogP contribution in [0.5, 0.6) is 11.5 Å². The molecule has 0 unspecified atom stereocenters. The number of hydrogen-bond donors (Lipinski definition) is 2. The van der Waals surface area contributed by atoms with Gasteiger partial charge in [-0.3, -0.25) is 19.8 Å². The van der Waals surface area contributed by atoms with Gasteiger partial charge in [0.15, 0.2) is 16.6 Å². The fraction of sp³-hybridized carbons (Fsp3) is 0.0556. The predicted octanol–water partition coefficient (Wildman–Crippen LogP) is 3.13. The first-order valence-electron chi connectivity index (χ1n) is 7.55. The SMILES string of the molecule is COc1cc(/C=C2/C(=O)NC(=S)N(c3ccc(F)cc3)C2=O)cc(Br)c1O. The van der Waals surface area contributed by atoms with Gasteiger partial charge in [-0.15, -0.1) is 0 Å². The molecule has 0 aromatic heterocycles. The van der Waals surface area contributed by atoms with Gasteiger partial charge in [-0.05, 0) is 76.2 Å². The van der Waals surface area contributed by atoms with Crippen molar-refractivity contribution in [1.82, 2.24) is 5.32 Å². The van der Waals surface area contributed by atoms with E-state index in [0.29, 0.717) is 15.7 Å². The summed E-state index contributed by atoms with van der Waals surface area (Å²) < 4.78 is 18.6. The highest BCUT2D eigenvalue weighted by Gasteiger charge is 2.34. The van der Waals surface area contributed by atoms with E-state index in [2.05, 4.69) is 21.2 Å². The molecule has 138 valence electrons. The third-order valence-electron chi connectivity index (χ3n) is 3.77. The molecule has 1 heterocycles. The topological polar surface area (TPSA) is 78.9 Å². The number of carbonyl (C=O) groups excluding carboxylic acids is 2. The fourth-order valence-corrected chi connectivity index (χ4v) is 3.22. The Labute approximate surface area is 167 Å². The fourth-order valence-electron chi connectivity index (χ4n) is 2.48. The number of methoxy groups -OCH3 is 1. The number of ether oxygens (including phenoxy) is 1. The molecule has 1 saturated heterocycles. The van der Waals surface area contributed by atoms with E-state index in [9.17, 15) is 19.1 Å². The molecule has 2 aromatic carbocycles. The number of carbonyl (C=O) groups is 2. The number of anilines is 1. The molecule has 2 N–H and O–H groups in total. The number of phenols is 1. The van der Waals surface area contributed by atoms with E-state index in [1.54, 1.807) is 0 Å². The molecule has 6 nitrogen and oxygen atoms in total. The third-order valence-corrected chi connectivity index (χ3v) is 4.66. The molecular formula is C18H12BrFN2O4S. The van der Waals surface area contributed by atoms with Crippen molar-refractivity contribution in [2.24, 2.45) is 0 Å². The molecule has 0 radical (unpaired) electrons. The van der Waals surface area contributed by atoms with Gasteiger partial charge in [0, 0.05) is 0 Å². The van der Waals surface area contributed by atoms with E-state index >= 15 is 0 Å². The normalized spacial score (nSPS) is 15.9. The number of nitrogens with one attached hydrogen (secondary N) is 1. The number of benzene rings is 2. The van der Waals surface area contributed by atoms with Gasteiger partial charge in [0.1, 0.15) is 11.4 Å². The molecule has 27 heavy (non-hydrogen) atoms. The zero-order chi connectivity index (χ0) is 19.7. The zero-order valence-electron chi connectivity index (χ0n) is 13.8. The minimum absolute atomic E-state index is 0.0989. The Bertz CT molecular complexity index is 992. The second kappa shape index (κ2) is 7.45. The summed E-state index contributed by atoms with van der Waals surface area (Å²) in [7, 11) is 1.38. The lowest BCUT2D eigenvalue weighted by atomic mass is 10.1. The molecule has 9 heteroatoms. The van der Waals surface area contributed by atoms with Gasteiger partial charge in [0.2, 0.25) is 0 Å². The van der Waals surface area contributed by atoms with Crippen molar-refractivity contribution >= 4 is 56.8 Å². The maximum Gasteiger partial charge on any atom is 0.270 e. The van der Waals surface area contributed by atoms with Crippen molar-refractivity contribution in [2.45, 2.75) is 0 Å². The summed E-state index contributed by atoms with van der Waals surface area (Å²) in [6, 6.07) is 8.15. The van der Waals surface area contributed by atoms with Gasteiger partial charge in [-0.1, -0.05) is 0 Å². The molecule has 2 aromatic rings. The Morgan fingerprint density at radius 2 is 1.93 bits per heavy atom. The summed E-state index contributed by atoms with van der Waals surface area (Å²) in [4.78, 5) is 26.3. The number of amides is 2. The monoisotopic (exact) mass is 450 g/mol. The lowest BCUT2D eigenvalue weighted by Crippen LogP contribution is -2.54. The number of hydrogen-bond acceptors (Lipinski definition) is 5. The van der Waals surface area contributed by atoms with Gasteiger partial charge < -0.3 is 9.84 Å². The number of phenolic OH excluding ortho intramolecular Hbond substituents is 1. The second-order valence-corrected chi connectivity index (χ2v) is 6.73. The van der Waals surface area contributed by atoms with Crippen LogP contribution in [0.15, 0.2) is 46.4 Å². The van der Waals surface area contributed by atoms with E-state index in [4.69, 9.17) is 17.0 Å². The van der Waals surface area contributed by atoms with E-state index < -0.39 is 17.6 Å². The molecule has 0 aliphatic carbocycles. The Hall–Kier alpha value is -2.78. The predicted molar refractivity (Wildman–Crippen MR) is 105 cm³/mol. The largest absolute Gasteiger partial charge is 0.503 e. The number of aromatic hydroxyl groups is 1. The third kappa shape index (κ3) is 3.69. The van der Waals surface area contributed by atoms with Gasteiger partial charge in [-0.25, -0.2) is 4.39 Å². The lowest BCUT2D eigenvalue weighted by molar-refractivity contribution is -0.122. The van der Waals surface area contributed by atoms with Gasteiger partial charge in [0.25, 0.3) is 11.8 Å². The van der Waals surface area contributed by atoms with Gasteiger partial charge in [0.05, 0.1) is 17.3 Å². The summed E-state index contributed by atoms with van der Waals surface area (Å²) in [5.41, 5.74) is 0.594. The highest BCUT2D eigenvalue weighted by Crippen LogP contribution is 2.36. The maximum atomic E-state index is 13.2. The first-order valence-corrected chi connectivity index (χ1v) is 8.75. The Morgan fingerprint density at radius 1 is 1.26 bits per heavy atom. The van der Waals surface area contributed by atoms with Crippen LogP contribution in [0.4, 0.5) is 10.1 Å². The van der Waals surface area contributed by atoms with E-state index in [0.717, 1.165) is 4.90 Å². The summed E-state index contributed by atoms with van der Waals surface area (Å²) in [5, 5.41) is 12.2. The Balaban J connectivity index is 2.04. The van der Waals surface area contributed by atoms with Crippen molar-refractivity contribution in [3.63, 3.8) is 0 Å². The number of halogens is 2. The first kappa shape index (κ1) is 19.0. The zero-order valence-corrected chi connectivity index (χ0v) is 16.2. The van der Waals surface area contributed by atoms with Crippen LogP contribution in [-0.2, 0) is 9.59 Å². The minimum Gasteiger partial charge on any atom is -0.503 e. The van der Waals surface area contributed by atoms with Crippen molar-refractivity contribution in [1.29, 1.82) is 0 Å². The quantitative estimate of drug-likeness (QED) is 0.426.